The number of fused-ring (bicyclic) bond motifs is 1. The van der Waals surface area contributed by atoms with E-state index in [1.54, 1.807) is 0 Å². The van der Waals surface area contributed by atoms with Crippen LogP contribution in [0.15, 0.2) is 42.6 Å². The number of pyridine rings is 1. The summed E-state index contributed by atoms with van der Waals surface area (Å²) < 4.78 is 0. The quantitative estimate of drug-likeness (QED) is 0.829. The smallest absolute Gasteiger partial charge is 0.0607 e. The van der Waals surface area contributed by atoms with Gasteiger partial charge in [0.2, 0.25) is 0 Å². The molecule has 2 aliphatic carbocycles. The first-order valence-corrected chi connectivity index (χ1v) is 7.74. The lowest BCUT2D eigenvalue weighted by atomic mass is 9.87. The van der Waals surface area contributed by atoms with Gasteiger partial charge in [0.1, 0.15) is 0 Å². The Labute approximate surface area is 122 Å². The minimum Gasteiger partial charge on any atom is -0.297 e. The van der Waals surface area contributed by atoms with E-state index in [1.165, 1.54) is 30.5 Å². The fourth-order valence-corrected chi connectivity index (χ4v) is 3.47. The van der Waals surface area contributed by atoms with E-state index < -0.39 is 0 Å². The minimum atomic E-state index is 0.492. The van der Waals surface area contributed by atoms with Crippen molar-refractivity contribution in [3.8, 4) is 0 Å². The highest BCUT2D eigenvalue weighted by Gasteiger charge is 2.27. The van der Waals surface area contributed by atoms with Gasteiger partial charge >= 0.3 is 0 Å². The first-order chi connectivity index (χ1) is 9.75. The van der Waals surface area contributed by atoms with E-state index in [4.69, 9.17) is 0 Å². The topological polar surface area (TPSA) is 16.1 Å². The van der Waals surface area contributed by atoms with Crippen LogP contribution in [0.1, 0.15) is 37.1 Å². The summed E-state index contributed by atoms with van der Waals surface area (Å²) in [7, 11) is 2.26. The summed E-state index contributed by atoms with van der Waals surface area (Å²) in [6, 6.07) is 4.80. The van der Waals surface area contributed by atoms with Crippen molar-refractivity contribution < 1.29 is 0 Å². The Morgan fingerprint density at radius 2 is 2.15 bits per heavy atom. The van der Waals surface area contributed by atoms with E-state index >= 15 is 0 Å². The van der Waals surface area contributed by atoms with Crippen LogP contribution in [0.25, 0.3) is 0 Å². The molecule has 0 aliphatic heterocycles. The van der Waals surface area contributed by atoms with Gasteiger partial charge in [0, 0.05) is 12.7 Å². The maximum atomic E-state index is 4.66. The van der Waals surface area contributed by atoms with Crippen molar-refractivity contribution in [1.29, 1.82) is 0 Å². The zero-order valence-corrected chi connectivity index (χ0v) is 12.5. The van der Waals surface area contributed by atoms with Gasteiger partial charge in [-0.3, -0.25) is 9.88 Å². The van der Waals surface area contributed by atoms with Gasteiger partial charge in [0.25, 0.3) is 0 Å². The van der Waals surface area contributed by atoms with Crippen LogP contribution in [0.4, 0.5) is 0 Å². The second-order valence-electron chi connectivity index (χ2n) is 6.19. The first-order valence-electron chi connectivity index (χ1n) is 7.74. The fraction of sp³-hybridized carbons (Fsp3) is 0.500. The molecule has 0 aromatic carbocycles. The summed E-state index contributed by atoms with van der Waals surface area (Å²) >= 11 is 0. The highest BCUT2D eigenvalue weighted by Crippen LogP contribution is 2.33. The molecule has 0 amide bonds. The zero-order valence-electron chi connectivity index (χ0n) is 12.5. The van der Waals surface area contributed by atoms with Gasteiger partial charge in [-0.1, -0.05) is 37.3 Å². The van der Waals surface area contributed by atoms with Crippen LogP contribution >= 0.6 is 0 Å². The van der Waals surface area contributed by atoms with Crippen LogP contribution in [-0.2, 0) is 6.42 Å². The molecule has 2 aliphatic rings. The molecule has 3 atom stereocenters. The van der Waals surface area contributed by atoms with Crippen LogP contribution in [0.2, 0.25) is 0 Å². The Kier molecular flexibility index (Phi) is 4.02. The molecule has 0 N–H and O–H groups in total. The second kappa shape index (κ2) is 5.92. The van der Waals surface area contributed by atoms with Crippen LogP contribution < -0.4 is 0 Å². The molecule has 1 aromatic heterocycles. The van der Waals surface area contributed by atoms with Crippen LogP contribution in [0.5, 0.6) is 0 Å². The molecule has 106 valence electrons. The molecule has 0 bridgehead atoms. The number of rotatable bonds is 3. The molecule has 0 saturated carbocycles. The summed E-state index contributed by atoms with van der Waals surface area (Å²) in [5.41, 5.74) is 2.76. The van der Waals surface area contributed by atoms with E-state index in [0.717, 1.165) is 6.54 Å². The maximum Gasteiger partial charge on any atom is 0.0607 e. The number of hydrogen-bond donors (Lipinski definition) is 0. The molecule has 1 aromatic rings. The highest BCUT2D eigenvalue weighted by molar-refractivity contribution is 5.25. The normalized spacial score (nSPS) is 28.6. The zero-order chi connectivity index (χ0) is 13.9. The molecule has 0 spiro atoms. The molecule has 0 fully saturated rings. The third kappa shape index (κ3) is 2.71. The van der Waals surface area contributed by atoms with E-state index in [9.17, 15) is 0 Å². The van der Waals surface area contributed by atoms with Gasteiger partial charge in [0.15, 0.2) is 0 Å². The number of nitrogens with zero attached hydrogens (tertiary/aromatic N) is 2. The molecule has 2 heteroatoms. The SMILES string of the molecule is CC1C=CC=CC1CN(C)C1CCCc2cccnc21. The number of allylic oxidation sites excluding steroid dienone is 3. The predicted molar refractivity (Wildman–Crippen MR) is 83.5 cm³/mol. The molecule has 2 nitrogen and oxygen atoms in total. The molecule has 0 radical (unpaired) electrons. The average molecular weight is 268 g/mol. The molecule has 1 heterocycles. The van der Waals surface area contributed by atoms with Crippen molar-refractivity contribution in [2.45, 2.75) is 32.2 Å². The lowest BCUT2D eigenvalue weighted by Crippen LogP contribution is -2.34. The van der Waals surface area contributed by atoms with E-state index in [0.29, 0.717) is 17.9 Å². The first kappa shape index (κ1) is 13.6. The van der Waals surface area contributed by atoms with Crippen LogP contribution in [0, 0.1) is 11.8 Å². The minimum absolute atomic E-state index is 0.492. The standard InChI is InChI=1S/C18H24N2/c1-14-7-3-4-8-16(14)13-20(2)17-11-5-9-15-10-6-12-19-18(15)17/h3-4,6-8,10,12,14,16-17H,5,9,11,13H2,1-2H3. The molecule has 0 saturated heterocycles. The summed E-state index contributed by atoms with van der Waals surface area (Å²) in [6.45, 7) is 3.42. The molecular weight excluding hydrogens is 244 g/mol. The lowest BCUT2D eigenvalue weighted by molar-refractivity contribution is 0.186. The fourth-order valence-electron chi connectivity index (χ4n) is 3.47. The number of hydrogen-bond acceptors (Lipinski definition) is 2. The summed E-state index contributed by atoms with van der Waals surface area (Å²) in [5, 5.41) is 0. The van der Waals surface area contributed by atoms with Gasteiger partial charge in [-0.2, -0.15) is 0 Å². The number of aryl methyl sites for hydroxylation is 1. The maximum absolute atomic E-state index is 4.66. The third-order valence-electron chi connectivity index (χ3n) is 4.76. The van der Waals surface area contributed by atoms with E-state index in [-0.39, 0.29) is 0 Å². The lowest BCUT2D eigenvalue weighted by Gasteiger charge is -2.35. The van der Waals surface area contributed by atoms with Gasteiger partial charge in [-0.15, -0.1) is 0 Å². The van der Waals surface area contributed by atoms with Gasteiger partial charge in [-0.25, -0.2) is 0 Å². The van der Waals surface area contributed by atoms with Crippen molar-refractivity contribution >= 4 is 0 Å². The Balaban J connectivity index is 1.73. The average Bonchev–Trinajstić information content (AvgIpc) is 2.49. The summed E-state index contributed by atoms with van der Waals surface area (Å²) in [5.74, 6) is 1.26. The highest BCUT2D eigenvalue weighted by atomic mass is 15.1. The Hall–Kier alpha value is -1.41. The molecule has 3 rings (SSSR count). The van der Waals surface area contributed by atoms with Crippen LogP contribution in [0.3, 0.4) is 0 Å². The Morgan fingerprint density at radius 3 is 3.00 bits per heavy atom. The largest absolute Gasteiger partial charge is 0.297 e. The van der Waals surface area contributed by atoms with Crippen molar-refractivity contribution in [3.63, 3.8) is 0 Å². The summed E-state index contributed by atoms with van der Waals surface area (Å²) in [6.07, 6.45) is 14.7. The molecular formula is C18H24N2. The van der Waals surface area contributed by atoms with E-state index in [2.05, 4.69) is 60.3 Å². The van der Waals surface area contributed by atoms with Crippen molar-refractivity contribution in [3.05, 3.63) is 53.9 Å². The van der Waals surface area contributed by atoms with Crippen molar-refractivity contribution in [1.82, 2.24) is 9.88 Å². The van der Waals surface area contributed by atoms with Crippen molar-refractivity contribution in [2.75, 3.05) is 13.6 Å². The van der Waals surface area contributed by atoms with E-state index in [1.807, 2.05) is 6.20 Å². The van der Waals surface area contributed by atoms with Crippen LogP contribution in [-0.4, -0.2) is 23.5 Å². The van der Waals surface area contributed by atoms with Crippen molar-refractivity contribution in [2.24, 2.45) is 11.8 Å². The summed E-state index contributed by atoms with van der Waals surface area (Å²) in [4.78, 5) is 7.17. The second-order valence-corrected chi connectivity index (χ2v) is 6.19. The monoisotopic (exact) mass is 268 g/mol. The Bertz CT molecular complexity index is 518. The molecule has 3 unspecified atom stereocenters. The van der Waals surface area contributed by atoms with Gasteiger partial charge in [-0.05, 0) is 49.8 Å². The predicted octanol–water partition coefficient (Wildman–Crippen LogP) is 3.77. The number of aromatic nitrogens is 1. The van der Waals surface area contributed by atoms with Gasteiger partial charge in [0.05, 0.1) is 11.7 Å². The van der Waals surface area contributed by atoms with Gasteiger partial charge < -0.3 is 0 Å². The Morgan fingerprint density at radius 1 is 1.30 bits per heavy atom. The third-order valence-corrected chi connectivity index (χ3v) is 4.76. The molecule has 20 heavy (non-hydrogen) atoms.